The van der Waals surface area contributed by atoms with Gasteiger partial charge in [-0.05, 0) is 18.2 Å². The molecular weight excluding hydrogens is 242 g/mol. The number of hydrogen-bond donors (Lipinski definition) is 1. The smallest absolute Gasteiger partial charge is 0.0184 e. The van der Waals surface area contributed by atoms with Gasteiger partial charge in [-0.2, -0.15) is 0 Å². The van der Waals surface area contributed by atoms with Gasteiger partial charge in [-0.1, -0.05) is 102 Å². The largest absolute Gasteiger partial charge is 0.333 e. The summed E-state index contributed by atoms with van der Waals surface area (Å²) < 4.78 is 0. The molecule has 0 aliphatic rings. The normalized spacial score (nSPS) is 7.00. The van der Waals surface area contributed by atoms with E-state index >= 15 is 0 Å². The van der Waals surface area contributed by atoms with Gasteiger partial charge < -0.3 is 5.73 Å². The van der Waals surface area contributed by atoms with Crippen LogP contribution in [-0.4, -0.2) is 7.05 Å². The summed E-state index contributed by atoms with van der Waals surface area (Å²) in [6.07, 6.45) is 0. The van der Waals surface area contributed by atoms with Crippen LogP contribution in [0.3, 0.4) is 0 Å². The Balaban J connectivity index is -0.000000314. The zero-order valence-corrected chi connectivity index (χ0v) is 14.4. The van der Waals surface area contributed by atoms with Crippen LogP contribution in [0.15, 0.2) is 60.7 Å². The van der Waals surface area contributed by atoms with Crippen LogP contribution in [0.4, 0.5) is 0 Å². The fraction of sp³-hybridized carbons (Fsp3) is 0.368. The lowest BCUT2D eigenvalue weighted by molar-refractivity contribution is 1.48. The number of benzene rings is 2. The van der Waals surface area contributed by atoms with Crippen molar-refractivity contribution in [2.24, 2.45) is 5.73 Å². The lowest BCUT2D eigenvalue weighted by Crippen LogP contribution is -1.73. The molecule has 0 unspecified atom stereocenters. The molecule has 2 aromatic carbocycles. The molecule has 0 fully saturated rings. The molecule has 0 amide bonds. The Morgan fingerprint density at radius 2 is 0.650 bits per heavy atom. The third kappa shape index (κ3) is 11.5. The molecule has 2 rings (SSSR count). The molecule has 2 N–H and O–H groups in total. The minimum atomic E-state index is 1.28. The Morgan fingerprint density at radius 1 is 0.450 bits per heavy atom. The van der Waals surface area contributed by atoms with E-state index in [1.807, 2.05) is 53.7 Å². The molecule has 0 aromatic heterocycles. The molecule has 0 radical (unpaired) electrons. The molecule has 0 aliphatic carbocycles. The van der Waals surface area contributed by atoms with Gasteiger partial charge in [-0.25, -0.2) is 0 Å². The van der Waals surface area contributed by atoms with Crippen molar-refractivity contribution in [2.75, 3.05) is 7.05 Å². The van der Waals surface area contributed by atoms with Crippen molar-refractivity contribution < 1.29 is 0 Å². The average molecular weight is 275 g/mol. The third-order valence-electron chi connectivity index (χ3n) is 1.88. The van der Waals surface area contributed by atoms with Gasteiger partial charge in [0, 0.05) is 0 Å². The fourth-order valence-electron chi connectivity index (χ4n) is 1.26. The van der Waals surface area contributed by atoms with Gasteiger partial charge in [-0.3, -0.25) is 0 Å². The zero-order valence-electron chi connectivity index (χ0n) is 14.4. The summed E-state index contributed by atoms with van der Waals surface area (Å²) in [5, 5.41) is 0. The van der Waals surface area contributed by atoms with Crippen molar-refractivity contribution in [3.8, 4) is 11.1 Å². The first-order chi connectivity index (χ1) is 9.97. The first-order valence-electron chi connectivity index (χ1n) is 7.65. The molecule has 114 valence electrons. The van der Waals surface area contributed by atoms with Crippen molar-refractivity contribution in [3.63, 3.8) is 0 Å². The van der Waals surface area contributed by atoms with Gasteiger partial charge in [0.15, 0.2) is 0 Å². The van der Waals surface area contributed by atoms with E-state index in [2.05, 4.69) is 54.3 Å². The van der Waals surface area contributed by atoms with Crippen LogP contribution in [0.25, 0.3) is 11.1 Å². The predicted octanol–water partition coefficient (Wildman–Crippen LogP) is 6.01. The van der Waals surface area contributed by atoms with Crippen LogP contribution in [0.2, 0.25) is 0 Å². The van der Waals surface area contributed by atoms with Crippen molar-refractivity contribution in [1.82, 2.24) is 0 Å². The minimum Gasteiger partial charge on any atom is -0.333 e. The van der Waals surface area contributed by atoms with Crippen molar-refractivity contribution >= 4 is 0 Å². The molecule has 0 saturated carbocycles. The molecule has 0 atom stereocenters. The lowest BCUT2D eigenvalue weighted by Gasteiger charge is -1.98. The maximum Gasteiger partial charge on any atom is -0.0184 e. The molecule has 2 aromatic rings. The standard InChI is InChI=1S/C12H10.3C2H6.CH5N/c1-3-7-11(8-4-1)12-9-5-2-6-10-12;4*1-2/h1-10H;3*1-2H3;2H2,1H3. The first-order valence-corrected chi connectivity index (χ1v) is 7.65. The Hall–Kier alpha value is -1.60. The van der Waals surface area contributed by atoms with E-state index in [9.17, 15) is 0 Å². The quantitative estimate of drug-likeness (QED) is 0.678. The van der Waals surface area contributed by atoms with Crippen LogP contribution in [0.1, 0.15) is 41.5 Å². The van der Waals surface area contributed by atoms with Gasteiger partial charge >= 0.3 is 0 Å². The van der Waals surface area contributed by atoms with Gasteiger partial charge in [0.25, 0.3) is 0 Å². The highest BCUT2D eigenvalue weighted by molar-refractivity contribution is 5.62. The van der Waals surface area contributed by atoms with Crippen molar-refractivity contribution in [1.29, 1.82) is 0 Å². The van der Waals surface area contributed by atoms with E-state index in [0.29, 0.717) is 0 Å². The molecule has 0 saturated heterocycles. The van der Waals surface area contributed by atoms with Gasteiger partial charge in [0.2, 0.25) is 0 Å². The molecule has 0 aliphatic heterocycles. The van der Waals surface area contributed by atoms with Crippen molar-refractivity contribution in [2.45, 2.75) is 41.5 Å². The Labute approximate surface area is 126 Å². The van der Waals surface area contributed by atoms with Crippen LogP contribution >= 0.6 is 0 Å². The van der Waals surface area contributed by atoms with E-state index in [4.69, 9.17) is 0 Å². The second kappa shape index (κ2) is 22.6. The summed E-state index contributed by atoms with van der Waals surface area (Å²) in [6.45, 7) is 12.0. The summed E-state index contributed by atoms with van der Waals surface area (Å²) in [7, 11) is 1.50. The lowest BCUT2D eigenvalue weighted by atomic mass is 10.1. The molecule has 20 heavy (non-hydrogen) atoms. The highest BCUT2D eigenvalue weighted by atomic mass is 14.4. The van der Waals surface area contributed by atoms with Crippen LogP contribution in [0.5, 0.6) is 0 Å². The fourth-order valence-corrected chi connectivity index (χ4v) is 1.26. The summed E-state index contributed by atoms with van der Waals surface area (Å²) in [5.41, 5.74) is 7.05. The maximum atomic E-state index is 4.50. The molecule has 0 spiro atoms. The first kappa shape index (κ1) is 23.5. The van der Waals surface area contributed by atoms with Crippen LogP contribution < -0.4 is 5.73 Å². The van der Waals surface area contributed by atoms with Gasteiger partial charge in [-0.15, -0.1) is 0 Å². The van der Waals surface area contributed by atoms with E-state index in [0.717, 1.165) is 0 Å². The topological polar surface area (TPSA) is 26.0 Å². The third-order valence-corrected chi connectivity index (χ3v) is 1.88. The van der Waals surface area contributed by atoms with Crippen LogP contribution in [-0.2, 0) is 0 Å². The monoisotopic (exact) mass is 275 g/mol. The van der Waals surface area contributed by atoms with E-state index in [1.165, 1.54) is 18.2 Å². The van der Waals surface area contributed by atoms with E-state index in [1.54, 1.807) is 0 Å². The van der Waals surface area contributed by atoms with Gasteiger partial charge in [0.05, 0.1) is 0 Å². The van der Waals surface area contributed by atoms with E-state index in [-0.39, 0.29) is 0 Å². The predicted molar refractivity (Wildman–Crippen MR) is 96.0 cm³/mol. The number of hydrogen-bond acceptors (Lipinski definition) is 1. The highest BCUT2D eigenvalue weighted by Crippen LogP contribution is 2.17. The Morgan fingerprint density at radius 3 is 0.850 bits per heavy atom. The number of nitrogens with two attached hydrogens (primary N) is 1. The SMILES string of the molecule is CC.CC.CC.CN.c1ccc(-c2ccccc2)cc1. The maximum absolute atomic E-state index is 4.50. The molecule has 1 nitrogen and oxygen atoms in total. The molecule has 0 heterocycles. The van der Waals surface area contributed by atoms with Gasteiger partial charge in [0.1, 0.15) is 0 Å². The molecule has 1 heteroatoms. The second-order valence-electron chi connectivity index (χ2n) is 2.73. The minimum absolute atomic E-state index is 1.28. The Bertz CT molecular complexity index is 303. The summed E-state index contributed by atoms with van der Waals surface area (Å²) >= 11 is 0. The zero-order chi connectivity index (χ0) is 16.2. The summed E-state index contributed by atoms with van der Waals surface area (Å²) in [6, 6.07) is 20.8. The van der Waals surface area contributed by atoms with Crippen molar-refractivity contribution in [3.05, 3.63) is 60.7 Å². The van der Waals surface area contributed by atoms with Crippen LogP contribution in [0, 0.1) is 0 Å². The number of rotatable bonds is 1. The van der Waals surface area contributed by atoms with E-state index < -0.39 is 0 Å². The molecular formula is C19H33N. The Kier molecular flexibility index (Phi) is 26.5. The summed E-state index contributed by atoms with van der Waals surface area (Å²) in [4.78, 5) is 0. The summed E-state index contributed by atoms with van der Waals surface area (Å²) in [5.74, 6) is 0. The average Bonchev–Trinajstić information content (AvgIpc) is 2.63. The second-order valence-corrected chi connectivity index (χ2v) is 2.73. The molecule has 0 bridgehead atoms. The highest BCUT2D eigenvalue weighted by Gasteiger charge is 1.91.